The van der Waals surface area contributed by atoms with E-state index in [-0.39, 0.29) is 0 Å². The van der Waals surface area contributed by atoms with Gasteiger partial charge in [-0.2, -0.15) is 28.0 Å². The van der Waals surface area contributed by atoms with Gasteiger partial charge in [0.15, 0.2) is 0 Å². The molecule has 11 rings (SSSR count). The van der Waals surface area contributed by atoms with Crippen molar-refractivity contribution in [3.63, 3.8) is 0 Å². The molecule has 5 aliphatic rings. The summed E-state index contributed by atoms with van der Waals surface area (Å²) < 4.78 is 19.7. The van der Waals surface area contributed by atoms with Gasteiger partial charge in [-0.3, -0.25) is 0 Å². The molecule has 6 aromatic rings. The molecule has 350 valence electrons. The van der Waals surface area contributed by atoms with Gasteiger partial charge in [-0.25, -0.2) is 0 Å². The number of rotatable bonds is 12. The molecule has 0 unspecified atom stereocenters. The number of fused-ring (bicyclic) bond motifs is 2. The van der Waals surface area contributed by atoms with Crippen LogP contribution >= 0.6 is 34.4 Å². The zero-order chi connectivity index (χ0) is 46.1. The Kier molecular flexibility index (Phi) is 13.9. The maximum Gasteiger partial charge on any atom is 0.116 e. The lowest BCUT2D eigenvalue weighted by atomic mass is 9.69. The van der Waals surface area contributed by atoms with Crippen molar-refractivity contribution in [1.82, 2.24) is 8.75 Å². The molecular weight excluding hydrogens is 909 g/mol. The third-order valence-electron chi connectivity index (χ3n) is 17.5. The van der Waals surface area contributed by atoms with Crippen molar-refractivity contribution in [2.45, 2.75) is 142 Å². The summed E-state index contributed by atoms with van der Waals surface area (Å²) in [5.41, 5.74) is 11.7. The maximum absolute atomic E-state index is 10.1. The van der Waals surface area contributed by atoms with Crippen LogP contribution in [-0.4, -0.2) is 8.75 Å². The van der Waals surface area contributed by atoms with Crippen molar-refractivity contribution in [3.8, 4) is 53.9 Å². The lowest BCUT2D eigenvalue weighted by Gasteiger charge is -2.37. The van der Waals surface area contributed by atoms with Gasteiger partial charge in [0.25, 0.3) is 0 Å². The minimum atomic E-state index is 0.761. The van der Waals surface area contributed by atoms with Crippen LogP contribution in [-0.2, 0) is 24.2 Å². The summed E-state index contributed by atoms with van der Waals surface area (Å²) in [7, 11) is 0. The van der Waals surface area contributed by atoms with E-state index in [9.17, 15) is 10.5 Å². The van der Waals surface area contributed by atoms with Crippen LogP contribution in [0.3, 0.4) is 0 Å². The van der Waals surface area contributed by atoms with E-state index < -0.39 is 0 Å². The first kappa shape index (κ1) is 46.1. The first-order valence-electron chi connectivity index (χ1n) is 26.1. The second-order valence-corrected chi connectivity index (χ2v) is 24.9. The summed E-state index contributed by atoms with van der Waals surface area (Å²) in [5.74, 6) is 7.15. The van der Waals surface area contributed by atoms with Gasteiger partial charge >= 0.3 is 0 Å². The summed E-state index contributed by atoms with van der Waals surface area (Å²) in [5, 5.41) is 20.3. The van der Waals surface area contributed by atoms with Gasteiger partial charge in [-0.15, -0.1) is 22.7 Å². The third kappa shape index (κ3) is 9.62. The average molecular weight is 973 g/mol. The lowest BCUT2D eigenvalue weighted by molar-refractivity contribution is 0.148. The topological polar surface area (TPSA) is 98.1 Å². The summed E-state index contributed by atoms with van der Waals surface area (Å²) in [4.78, 5) is 4.54. The number of hydrogen-bond acceptors (Lipinski definition) is 9. The Labute approximate surface area is 419 Å². The van der Waals surface area contributed by atoms with Gasteiger partial charge in [0, 0.05) is 30.6 Å². The standard InChI is InChI=1S/C58H64N6S4/c1-35-3-13-39(14-4-35)41-17-7-37(8-18-41)11-21-43-31-45(23-25-47(43)33-59)49-27-29-51(65-49)53-55-57(63-67-61-55)54(58-56(53)62-68-64-58)52-30-28-50(66-52)46-24-26-48(34-60)44(32-46)22-12-38-9-19-42(20-10-38)40-15-5-36(2)6-16-40/h23-32,35-42H,3-22H2,1-2H3. The molecule has 0 radical (unpaired) electrons. The van der Waals surface area contributed by atoms with Gasteiger partial charge in [-0.1, -0.05) is 77.3 Å². The van der Waals surface area contributed by atoms with Crippen LogP contribution in [0.15, 0.2) is 69.4 Å². The molecule has 0 N–H and O–H groups in total. The predicted octanol–water partition coefficient (Wildman–Crippen LogP) is 18.1. The Morgan fingerprint density at radius 3 is 1.26 bits per heavy atom. The molecule has 4 aliphatic carbocycles. The normalized spacial score (nSPS) is 26.0. The molecule has 0 atom stereocenters. The van der Waals surface area contributed by atoms with Crippen LogP contribution in [0.2, 0.25) is 0 Å². The molecular formula is C58H64N6S4. The zero-order valence-corrected chi connectivity index (χ0v) is 43.1. The van der Waals surface area contributed by atoms with Crippen LogP contribution in [0.1, 0.15) is 152 Å². The SMILES string of the molecule is CC1CCC(C2CCC(CCc3cc(-c4ccc(-c5c6c(c(-c7ccc(-c8ccc(C#N)c(CCC9CCC(C%10CCC(C)CC%10)CC9)c8)s7)c7nsnc57)N=S=N6)s4)ccc3C#N)CC2)CC1. The van der Waals surface area contributed by atoms with Gasteiger partial charge in [-0.05, 0) is 195 Å². The monoisotopic (exact) mass is 972 g/mol. The van der Waals surface area contributed by atoms with Crippen LogP contribution in [0.4, 0.5) is 11.4 Å². The smallest absolute Gasteiger partial charge is 0.116 e. The molecule has 0 spiro atoms. The van der Waals surface area contributed by atoms with Gasteiger partial charge < -0.3 is 0 Å². The highest BCUT2D eigenvalue weighted by Gasteiger charge is 2.32. The number of aromatic nitrogens is 2. The zero-order valence-electron chi connectivity index (χ0n) is 39.9. The van der Waals surface area contributed by atoms with E-state index in [2.05, 4.69) is 74.5 Å². The summed E-state index contributed by atoms with van der Waals surface area (Å²) >= 11 is 6.00. The summed E-state index contributed by atoms with van der Waals surface area (Å²) in [6.45, 7) is 4.86. The number of nitriles is 2. The molecule has 6 nitrogen and oxygen atoms in total. The molecule has 3 aromatic carbocycles. The number of hydrogen-bond donors (Lipinski definition) is 0. The third-order valence-corrected chi connectivity index (χ3v) is 20.9. The van der Waals surface area contributed by atoms with Gasteiger partial charge in [0.05, 0.1) is 46.3 Å². The molecule has 1 aliphatic heterocycles. The highest BCUT2D eigenvalue weighted by molar-refractivity contribution is 7.58. The van der Waals surface area contributed by atoms with E-state index >= 15 is 0 Å². The number of aryl methyl sites for hydroxylation is 2. The molecule has 3 aromatic heterocycles. The Hall–Kier alpha value is -4.32. The van der Waals surface area contributed by atoms with Gasteiger partial charge in [0.2, 0.25) is 0 Å². The fourth-order valence-corrected chi connectivity index (χ4v) is 16.5. The van der Waals surface area contributed by atoms with E-state index in [0.29, 0.717) is 0 Å². The van der Waals surface area contributed by atoms with Crippen molar-refractivity contribution in [1.29, 1.82) is 10.5 Å². The molecule has 0 saturated heterocycles. The largest absolute Gasteiger partial charge is 0.192 e. The first-order chi connectivity index (χ1) is 33.4. The lowest BCUT2D eigenvalue weighted by Crippen LogP contribution is -2.25. The summed E-state index contributed by atoms with van der Waals surface area (Å²) in [6.07, 6.45) is 26.7. The Bertz CT molecular complexity index is 2730. The minimum Gasteiger partial charge on any atom is -0.192 e. The highest BCUT2D eigenvalue weighted by atomic mass is 32.1. The second-order valence-electron chi connectivity index (χ2n) is 21.6. The van der Waals surface area contributed by atoms with Crippen LogP contribution in [0.5, 0.6) is 0 Å². The van der Waals surface area contributed by atoms with E-state index in [1.165, 1.54) is 160 Å². The van der Waals surface area contributed by atoms with E-state index in [1.54, 1.807) is 22.7 Å². The Balaban J connectivity index is 0.787. The van der Waals surface area contributed by atoms with Crippen LogP contribution in [0, 0.1) is 70.0 Å². The minimum absolute atomic E-state index is 0.761. The van der Waals surface area contributed by atoms with Crippen molar-refractivity contribution >= 4 is 68.2 Å². The maximum atomic E-state index is 10.1. The fourth-order valence-electron chi connectivity index (χ4n) is 13.2. The van der Waals surface area contributed by atoms with Crippen molar-refractivity contribution in [2.75, 3.05) is 0 Å². The highest BCUT2D eigenvalue weighted by Crippen LogP contribution is 2.55. The fraction of sp³-hybridized carbons (Fsp3) is 0.517. The van der Waals surface area contributed by atoms with Crippen molar-refractivity contribution < 1.29 is 0 Å². The molecule has 4 heterocycles. The molecule has 10 heteroatoms. The predicted molar refractivity (Wildman–Crippen MR) is 286 cm³/mol. The molecule has 68 heavy (non-hydrogen) atoms. The molecule has 4 fully saturated rings. The number of benzene rings is 3. The first-order valence-corrected chi connectivity index (χ1v) is 29.2. The van der Waals surface area contributed by atoms with E-state index in [1.807, 2.05) is 12.1 Å². The van der Waals surface area contributed by atoms with E-state index in [0.717, 1.165) is 126 Å². The molecule has 0 amide bonds. The second kappa shape index (κ2) is 20.6. The van der Waals surface area contributed by atoms with Crippen LogP contribution in [0.25, 0.3) is 52.8 Å². The number of thiophene rings is 2. The molecule has 4 saturated carbocycles. The van der Waals surface area contributed by atoms with E-state index in [4.69, 9.17) is 17.5 Å². The van der Waals surface area contributed by atoms with Crippen molar-refractivity contribution in [3.05, 3.63) is 82.9 Å². The number of nitrogens with zero attached hydrogens (tertiary/aromatic N) is 6. The quantitative estimate of drug-likeness (QED) is 0.122. The summed E-state index contributed by atoms with van der Waals surface area (Å²) in [6, 6.07) is 26.7. The van der Waals surface area contributed by atoms with Crippen molar-refractivity contribution in [2.24, 2.45) is 56.1 Å². The Morgan fingerprint density at radius 1 is 0.485 bits per heavy atom. The average Bonchev–Trinajstić information content (AvgIpc) is 4.24. The van der Waals surface area contributed by atoms with Gasteiger partial charge in [0.1, 0.15) is 22.4 Å². The van der Waals surface area contributed by atoms with Crippen LogP contribution < -0.4 is 0 Å². The molecule has 0 bridgehead atoms. The Morgan fingerprint density at radius 2 is 0.868 bits per heavy atom.